The zero-order valence-corrected chi connectivity index (χ0v) is 20.0. The van der Waals surface area contributed by atoms with E-state index in [1.807, 2.05) is 0 Å². The summed E-state index contributed by atoms with van der Waals surface area (Å²) in [6, 6.07) is 0. The summed E-state index contributed by atoms with van der Waals surface area (Å²) in [6.07, 6.45) is -4.26. The largest absolute Gasteiger partial charge is 0.490 e. The van der Waals surface area contributed by atoms with Gasteiger partial charge in [-0.25, -0.2) is 18.5 Å². The van der Waals surface area contributed by atoms with Crippen LogP contribution in [0.1, 0.15) is 6.23 Å². The zero-order valence-electron chi connectivity index (χ0n) is 17.3. The molecule has 3 rings (SSSR count). The van der Waals surface area contributed by atoms with E-state index in [1.165, 1.54) is 10.9 Å². The number of nitrogen functional groups attached to an aromatic ring is 1. The van der Waals surface area contributed by atoms with E-state index in [-0.39, 0.29) is 17.1 Å². The van der Waals surface area contributed by atoms with Crippen molar-refractivity contribution < 1.29 is 61.4 Å². The highest BCUT2D eigenvalue weighted by Gasteiger charge is 2.47. The fourth-order valence-corrected chi connectivity index (χ4v) is 5.93. The molecular formula is C12H19N6O14P3. The summed E-state index contributed by atoms with van der Waals surface area (Å²) in [5.41, 5.74) is 5.09. The molecule has 0 saturated carbocycles. The van der Waals surface area contributed by atoms with Crippen LogP contribution < -0.4 is 11.4 Å². The topological polar surface area (TPSA) is 301 Å². The van der Waals surface area contributed by atoms with Gasteiger partial charge in [0.15, 0.2) is 6.23 Å². The molecule has 0 spiro atoms. The van der Waals surface area contributed by atoms with Gasteiger partial charge >= 0.3 is 29.2 Å². The van der Waals surface area contributed by atoms with Crippen LogP contribution in [0.15, 0.2) is 17.2 Å². The van der Waals surface area contributed by atoms with Gasteiger partial charge in [-0.1, -0.05) is 5.21 Å². The van der Waals surface area contributed by atoms with Gasteiger partial charge in [0.05, 0.1) is 18.4 Å². The van der Waals surface area contributed by atoms with Gasteiger partial charge < -0.3 is 40.3 Å². The number of nitrogens with two attached hydrogens (primary N) is 1. The molecule has 3 unspecified atom stereocenters. The van der Waals surface area contributed by atoms with Gasteiger partial charge in [0.2, 0.25) is 0 Å². The van der Waals surface area contributed by atoms with Crippen molar-refractivity contribution in [2.24, 2.45) is 7.05 Å². The lowest BCUT2D eigenvalue weighted by atomic mass is 10.1. The summed E-state index contributed by atoms with van der Waals surface area (Å²) < 4.78 is 52.9. The van der Waals surface area contributed by atoms with Crippen LogP contribution in [0.4, 0.5) is 5.82 Å². The third kappa shape index (κ3) is 6.87. The Hall–Kier alpha value is -1.89. The highest BCUT2D eigenvalue weighted by Crippen LogP contribution is 2.66. The third-order valence-electron chi connectivity index (χ3n) is 4.29. The maximum atomic E-state index is 12.3. The molecule has 8 N–H and O–H groups in total. The second-order valence-electron chi connectivity index (χ2n) is 6.94. The number of aromatic nitrogens is 5. The molecule has 1 saturated heterocycles. The zero-order chi connectivity index (χ0) is 26.3. The lowest BCUT2D eigenvalue weighted by Gasteiger charge is -2.19. The van der Waals surface area contributed by atoms with Crippen LogP contribution in [0.3, 0.4) is 0 Å². The van der Waals surface area contributed by atoms with Gasteiger partial charge in [-0.05, 0) is 0 Å². The summed E-state index contributed by atoms with van der Waals surface area (Å²) in [6.45, 7) is -1.06. The van der Waals surface area contributed by atoms with E-state index in [0.717, 1.165) is 10.8 Å². The fourth-order valence-electron chi connectivity index (χ4n) is 2.90. The van der Waals surface area contributed by atoms with Gasteiger partial charge in [0, 0.05) is 13.2 Å². The molecule has 196 valence electrons. The molecule has 1 aliphatic heterocycles. The monoisotopic (exact) mass is 564 g/mol. The van der Waals surface area contributed by atoms with Crippen LogP contribution in [-0.4, -0.2) is 79.3 Å². The van der Waals surface area contributed by atoms with Gasteiger partial charge in [-0.15, -0.1) is 5.10 Å². The lowest BCUT2D eigenvalue weighted by molar-refractivity contribution is -0.0540. The minimum atomic E-state index is -5.76. The van der Waals surface area contributed by atoms with Gasteiger partial charge in [-0.3, -0.25) is 13.8 Å². The molecule has 35 heavy (non-hydrogen) atoms. The van der Waals surface area contributed by atoms with Crippen molar-refractivity contribution in [3.8, 4) is 11.3 Å². The molecule has 0 aliphatic carbocycles. The molecule has 1 fully saturated rings. The van der Waals surface area contributed by atoms with Crippen LogP contribution in [0.25, 0.3) is 11.3 Å². The smallest absolute Gasteiger partial charge is 0.387 e. The van der Waals surface area contributed by atoms with Crippen molar-refractivity contribution in [3.63, 3.8) is 0 Å². The van der Waals surface area contributed by atoms with Crippen molar-refractivity contribution in [3.05, 3.63) is 22.9 Å². The summed E-state index contributed by atoms with van der Waals surface area (Å²) in [5.74, 6) is -0.219. The average molecular weight is 564 g/mol. The lowest BCUT2D eigenvalue weighted by Crippen LogP contribution is -2.36. The Balaban J connectivity index is 1.76. The number of aliphatic hydroxyl groups is 2. The van der Waals surface area contributed by atoms with Crippen molar-refractivity contribution in [2.75, 3.05) is 12.3 Å². The Morgan fingerprint density at radius 1 is 1.09 bits per heavy atom. The first-order valence-electron chi connectivity index (χ1n) is 9.03. The van der Waals surface area contributed by atoms with Gasteiger partial charge in [0.1, 0.15) is 29.8 Å². The maximum Gasteiger partial charge on any atom is 0.490 e. The van der Waals surface area contributed by atoms with Crippen LogP contribution in [0.2, 0.25) is 0 Å². The first kappa shape index (κ1) is 27.7. The van der Waals surface area contributed by atoms with Crippen molar-refractivity contribution in [2.45, 2.75) is 24.5 Å². The number of nitrogens with zero attached hydrogens (tertiary/aromatic N) is 5. The van der Waals surface area contributed by atoms with E-state index < -0.39 is 60.3 Å². The van der Waals surface area contributed by atoms with Crippen LogP contribution in [-0.2, 0) is 38.6 Å². The molecule has 0 bridgehead atoms. The van der Waals surface area contributed by atoms with E-state index in [4.69, 9.17) is 25.2 Å². The number of hydrogen-bond acceptors (Lipinski definition) is 14. The standard InChI is InChI=1S/C12H19N6O14P3/c1-17-3-6(15-16-17)5-2-18(12(21)14-10(5)13)11-9(20)8(19)7(30-11)4-29-34(25,26)32-35(27,28)31-33(22,23)24/h2-3,7-9,11,19-20H,4H2,1H3,(H,25,26)(H,27,28)(H2,13,14,21)(H2,22,23,24)/t7-,8?,9+,11-/m1/s1. The second kappa shape index (κ2) is 9.87. The number of anilines is 1. The van der Waals surface area contributed by atoms with Gasteiger partial charge in [0.25, 0.3) is 0 Å². The summed E-state index contributed by atoms with van der Waals surface area (Å²) in [4.78, 5) is 51.7. The number of rotatable bonds is 9. The van der Waals surface area contributed by atoms with E-state index in [2.05, 4.69) is 28.4 Å². The predicted molar refractivity (Wildman–Crippen MR) is 109 cm³/mol. The van der Waals surface area contributed by atoms with Gasteiger partial charge in [-0.2, -0.15) is 13.6 Å². The maximum absolute atomic E-state index is 12.3. The van der Waals surface area contributed by atoms with E-state index in [1.54, 1.807) is 7.05 Å². The number of aliphatic hydroxyl groups excluding tert-OH is 2. The molecule has 2 aromatic rings. The third-order valence-corrected chi connectivity index (χ3v) is 8.09. The molecule has 0 radical (unpaired) electrons. The van der Waals surface area contributed by atoms with Crippen molar-refractivity contribution in [1.82, 2.24) is 24.5 Å². The number of hydrogen-bond donors (Lipinski definition) is 7. The number of aryl methyl sites for hydroxylation is 1. The molecule has 20 nitrogen and oxygen atoms in total. The molecule has 23 heteroatoms. The highest BCUT2D eigenvalue weighted by atomic mass is 31.3. The predicted octanol–water partition coefficient (Wildman–Crippen LogP) is -2.42. The SMILES string of the molecule is Cn1cc(-c2cn([C@@H]3O[C@H](COP(=O)(O)OP(=O)(O)OP(=O)(O)O)C(O)[C@@H]3O)c(=O)nc2N)nn1. The first-order valence-corrected chi connectivity index (χ1v) is 13.6. The Labute approximate surface area is 193 Å². The van der Waals surface area contributed by atoms with Crippen LogP contribution in [0.5, 0.6) is 0 Å². The fraction of sp³-hybridized carbons (Fsp3) is 0.500. The number of ether oxygens (including phenoxy) is 1. The minimum absolute atomic E-state index is 0.125. The second-order valence-corrected chi connectivity index (χ2v) is 11.4. The molecule has 6 atom stereocenters. The molecule has 1 aliphatic rings. The molecule has 0 amide bonds. The highest BCUT2D eigenvalue weighted by molar-refractivity contribution is 7.66. The Morgan fingerprint density at radius 2 is 1.74 bits per heavy atom. The first-order chi connectivity index (χ1) is 16.0. The number of phosphoric ester groups is 1. The average Bonchev–Trinajstić information content (AvgIpc) is 3.22. The Bertz CT molecular complexity index is 1290. The molecule has 2 aromatic heterocycles. The van der Waals surface area contributed by atoms with Crippen molar-refractivity contribution >= 4 is 29.3 Å². The minimum Gasteiger partial charge on any atom is -0.387 e. The van der Waals surface area contributed by atoms with Crippen molar-refractivity contribution in [1.29, 1.82) is 0 Å². The molecular weight excluding hydrogens is 545 g/mol. The summed E-state index contributed by atoms with van der Waals surface area (Å²) in [7, 11) is -15.3. The summed E-state index contributed by atoms with van der Waals surface area (Å²) in [5, 5.41) is 28.1. The molecule has 0 aromatic carbocycles. The van der Waals surface area contributed by atoms with E-state index in [9.17, 15) is 33.6 Å². The summed E-state index contributed by atoms with van der Waals surface area (Å²) >= 11 is 0. The molecule has 3 heterocycles. The quantitative estimate of drug-likeness (QED) is 0.156. The number of phosphoric acid groups is 3. The van der Waals surface area contributed by atoms with Crippen LogP contribution >= 0.6 is 23.5 Å². The van der Waals surface area contributed by atoms with E-state index in [0.29, 0.717) is 0 Å². The Kier molecular flexibility index (Phi) is 7.81. The van der Waals surface area contributed by atoms with Crippen LogP contribution in [0, 0.1) is 0 Å². The van der Waals surface area contributed by atoms with E-state index >= 15 is 0 Å². The normalized spacial score (nSPS) is 26.4. The Morgan fingerprint density at radius 3 is 2.31 bits per heavy atom.